The monoisotopic (exact) mass is 337 g/mol. The summed E-state index contributed by atoms with van der Waals surface area (Å²) in [4.78, 5) is 28.5. The summed E-state index contributed by atoms with van der Waals surface area (Å²) >= 11 is 0. The van der Waals surface area contributed by atoms with Gasteiger partial charge in [0.05, 0.1) is 5.41 Å². The first-order valence-corrected chi connectivity index (χ1v) is 9.39. The molecule has 2 aromatic rings. The van der Waals surface area contributed by atoms with Crippen LogP contribution in [0.3, 0.4) is 0 Å². The van der Waals surface area contributed by atoms with Gasteiger partial charge < -0.3 is 9.72 Å². The quantitative estimate of drug-likeness (QED) is 0.675. The Bertz CT molecular complexity index is 814. The molecule has 0 spiro atoms. The SMILES string of the molecule is O=C(COC(=O)C12CC3CC(CC(C3)C1)C2)c1c[nH]c2ccccc12. The van der Waals surface area contributed by atoms with Crippen LogP contribution < -0.4 is 0 Å². The van der Waals surface area contributed by atoms with Crippen LogP contribution in [0.2, 0.25) is 0 Å². The van der Waals surface area contributed by atoms with Crippen LogP contribution in [-0.4, -0.2) is 23.3 Å². The van der Waals surface area contributed by atoms with Crippen molar-refractivity contribution in [1.82, 2.24) is 4.98 Å². The van der Waals surface area contributed by atoms with Gasteiger partial charge in [0.2, 0.25) is 5.78 Å². The van der Waals surface area contributed by atoms with E-state index < -0.39 is 0 Å². The molecule has 25 heavy (non-hydrogen) atoms. The van der Waals surface area contributed by atoms with E-state index >= 15 is 0 Å². The number of hydrogen-bond acceptors (Lipinski definition) is 3. The second-order valence-electron chi connectivity index (χ2n) is 8.45. The van der Waals surface area contributed by atoms with Crippen molar-refractivity contribution in [2.75, 3.05) is 6.61 Å². The van der Waals surface area contributed by atoms with Crippen LogP contribution in [-0.2, 0) is 9.53 Å². The first-order valence-electron chi connectivity index (χ1n) is 9.39. The van der Waals surface area contributed by atoms with Gasteiger partial charge in [-0.05, 0) is 62.3 Å². The fourth-order valence-electron chi connectivity index (χ4n) is 6.02. The van der Waals surface area contributed by atoms with E-state index in [1.54, 1.807) is 6.20 Å². The van der Waals surface area contributed by atoms with Crippen molar-refractivity contribution in [3.63, 3.8) is 0 Å². The molecule has 1 N–H and O–H groups in total. The lowest BCUT2D eigenvalue weighted by atomic mass is 9.49. The van der Waals surface area contributed by atoms with Gasteiger partial charge in [0.25, 0.3) is 0 Å². The molecule has 4 nitrogen and oxygen atoms in total. The Morgan fingerprint density at radius 3 is 2.36 bits per heavy atom. The van der Waals surface area contributed by atoms with Crippen molar-refractivity contribution >= 4 is 22.7 Å². The van der Waals surface area contributed by atoms with Crippen molar-refractivity contribution in [1.29, 1.82) is 0 Å². The Kier molecular flexibility index (Phi) is 3.31. The standard InChI is InChI=1S/C21H23NO3/c23-19(17-11-22-18-4-2-1-3-16(17)18)12-25-20(24)21-8-13-5-14(9-21)7-15(6-13)10-21/h1-4,11,13-15,22H,5-10,12H2. The van der Waals surface area contributed by atoms with Gasteiger partial charge >= 0.3 is 5.97 Å². The zero-order chi connectivity index (χ0) is 17.0. The number of Topliss-reactive ketones (excluding diaryl/α,β-unsaturated/α-hetero) is 1. The molecular formula is C21H23NO3. The molecule has 0 unspecified atom stereocenters. The molecular weight excluding hydrogens is 314 g/mol. The summed E-state index contributed by atoms with van der Waals surface area (Å²) in [6, 6.07) is 7.70. The van der Waals surface area contributed by atoms with Crippen molar-refractivity contribution in [3.05, 3.63) is 36.0 Å². The number of para-hydroxylation sites is 1. The number of nitrogens with one attached hydrogen (secondary N) is 1. The van der Waals surface area contributed by atoms with E-state index in [0.717, 1.165) is 30.2 Å². The number of esters is 1. The van der Waals surface area contributed by atoms with Gasteiger partial charge in [-0.2, -0.15) is 0 Å². The second-order valence-corrected chi connectivity index (χ2v) is 8.45. The number of ketones is 1. The normalized spacial score (nSPS) is 32.9. The first-order chi connectivity index (χ1) is 12.1. The van der Waals surface area contributed by atoms with E-state index in [4.69, 9.17) is 4.74 Å². The third-order valence-corrected chi connectivity index (χ3v) is 6.70. The van der Waals surface area contributed by atoms with Crippen LogP contribution in [0.1, 0.15) is 48.9 Å². The highest BCUT2D eigenvalue weighted by Gasteiger charge is 2.55. The minimum absolute atomic E-state index is 0.125. The fourth-order valence-corrected chi connectivity index (χ4v) is 6.02. The lowest BCUT2D eigenvalue weighted by Crippen LogP contribution is -2.50. The number of carbonyl (C=O) groups is 2. The van der Waals surface area contributed by atoms with Crippen molar-refractivity contribution < 1.29 is 14.3 Å². The molecule has 4 saturated carbocycles. The number of aromatic nitrogens is 1. The van der Waals surface area contributed by atoms with Gasteiger partial charge in [-0.1, -0.05) is 18.2 Å². The molecule has 4 aliphatic carbocycles. The Morgan fingerprint density at radius 2 is 1.68 bits per heavy atom. The van der Waals surface area contributed by atoms with E-state index in [2.05, 4.69) is 4.98 Å². The summed E-state index contributed by atoms with van der Waals surface area (Å²) in [6.45, 7) is -0.150. The van der Waals surface area contributed by atoms with Gasteiger partial charge in [0, 0.05) is 22.7 Å². The van der Waals surface area contributed by atoms with Gasteiger partial charge in [-0.3, -0.25) is 9.59 Å². The van der Waals surface area contributed by atoms with Crippen LogP contribution in [0.25, 0.3) is 10.9 Å². The average Bonchev–Trinajstić information content (AvgIpc) is 3.02. The number of H-pyrrole nitrogens is 1. The number of ether oxygens (including phenoxy) is 1. The van der Waals surface area contributed by atoms with Crippen molar-refractivity contribution in [3.8, 4) is 0 Å². The third-order valence-electron chi connectivity index (χ3n) is 6.70. The molecule has 0 aliphatic heterocycles. The first kappa shape index (κ1) is 15.2. The molecule has 0 radical (unpaired) electrons. The molecule has 4 aliphatic rings. The van der Waals surface area contributed by atoms with E-state index in [0.29, 0.717) is 23.3 Å². The minimum atomic E-state index is -0.296. The molecule has 0 saturated heterocycles. The molecule has 6 rings (SSSR count). The predicted octanol–water partition coefficient (Wildman–Crippen LogP) is 4.11. The number of carbonyl (C=O) groups excluding carboxylic acids is 2. The van der Waals surface area contributed by atoms with E-state index in [-0.39, 0.29) is 23.8 Å². The van der Waals surface area contributed by atoms with E-state index in [9.17, 15) is 9.59 Å². The lowest BCUT2D eigenvalue weighted by Gasteiger charge is -2.55. The number of benzene rings is 1. The van der Waals surface area contributed by atoms with Crippen molar-refractivity contribution in [2.24, 2.45) is 23.2 Å². The molecule has 130 valence electrons. The number of rotatable bonds is 4. The Hall–Kier alpha value is -2.10. The zero-order valence-corrected chi connectivity index (χ0v) is 14.3. The molecule has 1 aromatic carbocycles. The van der Waals surface area contributed by atoms with Crippen molar-refractivity contribution in [2.45, 2.75) is 38.5 Å². The van der Waals surface area contributed by atoms with Crippen LogP contribution in [0.5, 0.6) is 0 Å². The summed E-state index contributed by atoms with van der Waals surface area (Å²) in [7, 11) is 0. The summed E-state index contributed by atoms with van der Waals surface area (Å²) in [5.74, 6) is 1.84. The van der Waals surface area contributed by atoms with Crippen LogP contribution in [0.4, 0.5) is 0 Å². The molecule has 4 heteroatoms. The molecule has 1 aromatic heterocycles. The second kappa shape index (κ2) is 5.45. The van der Waals surface area contributed by atoms with Gasteiger partial charge in [-0.25, -0.2) is 0 Å². The van der Waals surface area contributed by atoms with E-state index in [1.165, 1.54) is 19.3 Å². The fraction of sp³-hybridized carbons (Fsp3) is 0.524. The number of aromatic amines is 1. The predicted molar refractivity (Wildman–Crippen MR) is 94.2 cm³/mol. The largest absolute Gasteiger partial charge is 0.457 e. The lowest BCUT2D eigenvalue weighted by molar-refractivity contribution is -0.170. The molecule has 0 atom stereocenters. The summed E-state index contributed by atoms with van der Waals surface area (Å²) in [5.41, 5.74) is 1.24. The summed E-state index contributed by atoms with van der Waals surface area (Å²) in [5, 5.41) is 0.887. The minimum Gasteiger partial charge on any atom is -0.457 e. The molecule has 1 heterocycles. The van der Waals surface area contributed by atoms with Gasteiger partial charge in [-0.15, -0.1) is 0 Å². The zero-order valence-electron chi connectivity index (χ0n) is 14.3. The molecule has 4 bridgehead atoms. The third kappa shape index (κ3) is 2.42. The Morgan fingerprint density at radius 1 is 1.04 bits per heavy atom. The Balaban J connectivity index is 1.30. The summed E-state index contributed by atoms with van der Waals surface area (Å²) < 4.78 is 5.56. The maximum absolute atomic E-state index is 12.9. The van der Waals surface area contributed by atoms with Gasteiger partial charge in [0.15, 0.2) is 6.61 Å². The van der Waals surface area contributed by atoms with Crippen LogP contribution in [0, 0.1) is 23.2 Å². The van der Waals surface area contributed by atoms with Crippen LogP contribution in [0.15, 0.2) is 30.5 Å². The highest BCUT2D eigenvalue weighted by Crippen LogP contribution is 2.60. The number of fused-ring (bicyclic) bond motifs is 1. The van der Waals surface area contributed by atoms with Crippen LogP contribution >= 0.6 is 0 Å². The smallest absolute Gasteiger partial charge is 0.312 e. The highest BCUT2D eigenvalue weighted by atomic mass is 16.5. The maximum Gasteiger partial charge on any atom is 0.312 e. The highest BCUT2D eigenvalue weighted by molar-refractivity contribution is 6.08. The Labute approximate surface area is 146 Å². The topological polar surface area (TPSA) is 59.2 Å². The van der Waals surface area contributed by atoms with Gasteiger partial charge in [0.1, 0.15) is 0 Å². The molecule has 4 fully saturated rings. The molecule has 0 amide bonds. The average molecular weight is 337 g/mol. The number of hydrogen-bond donors (Lipinski definition) is 1. The summed E-state index contributed by atoms with van der Waals surface area (Å²) in [6.07, 6.45) is 8.51. The van der Waals surface area contributed by atoms with E-state index in [1.807, 2.05) is 24.3 Å². The maximum atomic E-state index is 12.9.